The van der Waals surface area contributed by atoms with Crippen LogP contribution in [0.5, 0.6) is 0 Å². The van der Waals surface area contributed by atoms with Gasteiger partial charge in [0.2, 0.25) is 11.8 Å². The van der Waals surface area contributed by atoms with Crippen molar-refractivity contribution < 1.29 is 9.59 Å². The van der Waals surface area contributed by atoms with Crippen LogP contribution >= 0.6 is 0 Å². The van der Waals surface area contributed by atoms with Crippen molar-refractivity contribution in [3.63, 3.8) is 0 Å². The van der Waals surface area contributed by atoms with Gasteiger partial charge >= 0.3 is 0 Å². The zero-order valence-corrected chi connectivity index (χ0v) is 18.4. The minimum absolute atomic E-state index is 0.0454. The van der Waals surface area contributed by atoms with E-state index in [-0.39, 0.29) is 23.7 Å². The molecule has 0 fully saturated rings. The fourth-order valence-electron chi connectivity index (χ4n) is 3.80. The molecule has 0 saturated heterocycles. The molecule has 0 aliphatic heterocycles. The van der Waals surface area contributed by atoms with E-state index in [1.165, 1.54) is 0 Å². The van der Waals surface area contributed by atoms with Crippen LogP contribution in [0.4, 0.5) is 11.4 Å². The summed E-state index contributed by atoms with van der Waals surface area (Å²) in [6, 6.07) is 25.2. The summed E-state index contributed by atoms with van der Waals surface area (Å²) in [5.41, 5.74) is 4.33. The summed E-state index contributed by atoms with van der Waals surface area (Å²) in [6.07, 6.45) is 1.42. The van der Waals surface area contributed by atoms with Gasteiger partial charge in [0.25, 0.3) is 0 Å². The lowest BCUT2D eigenvalue weighted by Crippen LogP contribution is -2.22. The zero-order chi connectivity index (χ0) is 22.2. The number of hydrogen-bond donors (Lipinski definition) is 2. The van der Waals surface area contributed by atoms with Gasteiger partial charge in [-0.25, -0.2) is 0 Å². The van der Waals surface area contributed by atoms with Crippen molar-refractivity contribution in [1.29, 1.82) is 0 Å². The first-order valence-corrected chi connectivity index (χ1v) is 10.9. The van der Waals surface area contributed by atoms with Crippen LogP contribution in [0.3, 0.4) is 0 Å². The Hall–Kier alpha value is -3.40. The first kappa shape index (κ1) is 22.3. The third-order valence-electron chi connectivity index (χ3n) is 5.62. The van der Waals surface area contributed by atoms with Crippen molar-refractivity contribution in [2.45, 2.75) is 45.4 Å². The quantitative estimate of drug-likeness (QED) is 0.457. The van der Waals surface area contributed by atoms with Crippen LogP contribution in [-0.2, 0) is 9.59 Å². The Balaban J connectivity index is 1.75. The van der Waals surface area contributed by atoms with E-state index in [1.54, 1.807) is 0 Å². The smallest absolute Gasteiger partial charge is 0.231 e. The molecule has 0 bridgehead atoms. The summed E-state index contributed by atoms with van der Waals surface area (Å²) < 4.78 is 0. The molecule has 4 heteroatoms. The second-order valence-electron chi connectivity index (χ2n) is 7.75. The number of nitrogens with one attached hydrogen (secondary N) is 2. The molecule has 3 aromatic rings. The summed E-state index contributed by atoms with van der Waals surface area (Å²) >= 11 is 0. The first-order chi connectivity index (χ1) is 15.0. The van der Waals surface area contributed by atoms with E-state index < -0.39 is 0 Å². The molecule has 31 heavy (non-hydrogen) atoms. The Bertz CT molecular complexity index is 1020. The SMILES string of the molecule is CC[C@H](C(=O)Nc1ccc(C)c(NC(=O)[C@@H](CC)c2ccccc2)c1)c1ccccc1. The van der Waals surface area contributed by atoms with E-state index in [1.807, 2.05) is 99.6 Å². The maximum atomic E-state index is 13.0. The van der Waals surface area contributed by atoms with Crippen molar-refractivity contribution >= 4 is 23.2 Å². The average molecular weight is 415 g/mol. The van der Waals surface area contributed by atoms with E-state index in [0.717, 1.165) is 16.7 Å². The highest BCUT2D eigenvalue weighted by Gasteiger charge is 2.21. The molecule has 0 heterocycles. The molecule has 0 aliphatic rings. The van der Waals surface area contributed by atoms with E-state index in [0.29, 0.717) is 24.2 Å². The Morgan fingerprint density at radius 3 is 1.68 bits per heavy atom. The summed E-state index contributed by atoms with van der Waals surface area (Å²) in [4.78, 5) is 25.9. The largest absolute Gasteiger partial charge is 0.325 e. The minimum Gasteiger partial charge on any atom is -0.325 e. The van der Waals surface area contributed by atoms with Crippen LogP contribution in [0.15, 0.2) is 78.9 Å². The van der Waals surface area contributed by atoms with E-state index in [4.69, 9.17) is 0 Å². The molecule has 0 spiro atoms. The van der Waals surface area contributed by atoms with Crippen molar-refractivity contribution in [3.05, 3.63) is 95.6 Å². The molecular formula is C27H30N2O2. The fraction of sp³-hybridized carbons (Fsp3) is 0.259. The van der Waals surface area contributed by atoms with Gasteiger partial charge in [0.15, 0.2) is 0 Å². The Morgan fingerprint density at radius 1 is 0.710 bits per heavy atom. The lowest BCUT2D eigenvalue weighted by Gasteiger charge is -2.18. The van der Waals surface area contributed by atoms with Gasteiger partial charge in [-0.2, -0.15) is 0 Å². The molecule has 0 saturated carbocycles. The average Bonchev–Trinajstić information content (AvgIpc) is 2.78. The van der Waals surface area contributed by atoms with Crippen molar-refractivity contribution in [3.8, 4) is 0 Å². The summed E-state index contributed by atoms with van der Waals surface area (Å²) in [6.45, 7) is 5.96. The predicted octanol–water partition coefficient (Wildman–Crippen LogP) is 6.26. The Kier molecular flexibility index (Phi) is 7.60. The molecule has 4 nitrogen and oxygen atoms in total. The summed E-state index contributed by atoms with van der Waals surface area (Å²) in [5.74, 6) is -0.536. The molecule has 0 aromatic heterocycles. The zero-order valence-electron chi connectivity index (χ0n) is 18.4. The van der Waals surface area contributed by atoms with Crippen LogP contribution in [0, 0.1) is 6.92 Å². The number of amides is 2. The molecule has 0 unspecified atom stereocenters. The highest BCUT2D eigenvalue weighted by Crippen LogP contribution is 2.27. The highest BCUT2D eigenvalue weighted by molar-refractivity contribution is 5.99. The molecule has 3 aromatic carbocycles. The molecular weight excluding hydrogens is 384 g/mol. The molecule has 2 amide bonds. The lowest BCUT2D eigenvalue weighted by atomic mass is 9.95. The van der Waals surface area contributed by atoms with Crippen LogP contribution < -0.4 is 10.6 Å². The molecule has 0 radical (unpaired) electrons. The number of carbonyl (C=O) groups is 2. The number of aryl methyl sites for hydroxylation is 1. The van der Waals surface area contributed by atoms with Crippen molar-refractivity contribution in [2.24, 2.45) is 0 Å². The Labute approximate surface area is 184 Å². The van der Waals surface area contributed by atoms with Crippen LogP contribution in [0.25, 0.3) is 0 Å². The van der Waals surface area contributed by atoms with Gasteiger partial charge in [0.1, 0.15) is 0 Å². The molecule has 160 valence electrons. The number of hydrogen-bond acceptors (Lipinski definition) is 2. The third kappa shape index (κ3) is 5.60. The summed E-state index contributed by atoms with van der Waals surface area (Å²) in [7, 11) is 0. The lowest BCUT2D eigenvalue weighted by molar-refractivity contribution is -0.118. The normalized spacial score (nSPS) is 12.6. The number of anilines is 2. The van der Waals surface area contributed by atoms with Crippen molar-refractivity contribution in [2.75, 3.05) is 10.6 Å². The fourth-order valence-corrected chi connectivity index (χ4v) is 3.80. The second-order valence-corrected chi connectivity index (χ2v) is 7.75. The predicted molar refractivity (Wildman–Crippen MR) is 127 cm³/mol. The van der Waals surface area contributed by atoms with Crippen LogP contribution in [0.2, 0.25) is 0 Å². The summed E-state index contributed by atoms with van der Waals surface area (Å²) in [5, 5.41) is 6.07. The van der Waals surface area contributed by atoms with Gasteiger partial charge in [-0.1, -0.05) is 80.6 Å². The van der Waals surface area contributed by atoms with Gasteiger partial charge in [-0.05, 0) is 48.6 Å². The standard InChI is InChI=1S/C27H30N2O2/c1-4-23(20-12-8-6-9-13-20)26(30)28-22-17-16-19(3)25(18-22)29-27(31)24(5-2)21-14-10-7-11-15-21/h6-18,23-24H,4-5H2,1-3H3,(H,28,30)(H,29,31)/t23-,24-/m0/s1. The van der Waals surface area contributed by atoms with Gasteiger partial charge in [-0.15, -0.1) is 0 Å². The monoisotopic (exact) mass is 414 g/mol. The number of carbonyl (C=O) groups excluding carboxylic acids is 2. The molecule has 3 rings (SSSR count). The molecule has 0 aliphatic carbocycles. The maximum absolute atomic E-state index is 13.0. The van der Waals surface area contributed by atoms with Crippen LogP contribution in [-0.4, -0.2) is 11.8 Å². The first-order valence-electron chi connectivity index (χ1n) is 10.9. The third-order valence-corrected chi connectivity index (χ3v) is 5.62. The van der Waals surface area contributed by atoms with E-state index in [9.17, 15) is 9.59 Å². The number of benzene rings is 3. The minimum atomic E-state index is -0.221. The Morgan fingerprint density at radius 2 is 1.19 bits per heavy atom. The van der Waals surface area contributed by atoms with Gasteiger partial charge in [0, 0.05) is 11.4 Å². The van der Waals surface area contributed by atoms with Gasteiger partial charge < -0.3 is 10.6 Å². The highest BCUT2D eigenvalue weighted by atomic mass is 16.2. The van der Waals surface area contributed by atoms with Gasteiger partial charge in [0.05, 0.1) is 11.8 Å². The van der Waals surface area contributed by atoms with E-state index in [2.05, 4.69) is 10.6 Å². The van der Waals surface area contributed by atoms with Gasteiger partial charge in [-0.3, -0.25) is 9.59 Å². The maximum Gasteiger partial charge on any atom is 0.231 e. The van der Waals surface area contributed by atoms with Crippen LogP contribution in [0.1, 0.15) is 55.2 Å². The molecule has 2 N–H and O–H groups in total. The van der Waals surface area contributed by atoms with E-state index >= 15 is 0 Å². The topological polar surface area (TPSA) is 58.2 Å². The van der Waals surface area contributed by atoms with Crippen molar-refractivity contribution in [1.82, 2.24) is 0 Å². The molecule has 2 atom stereocenters. The number of rotatable bonds is 8. The second kappa shape index (κ2) is 10.6.